The second-order valence-electron chi connectivity index (χ2n) is 4.84. The minimum atomic E-state index is -0.660. The third kappa shape index (κ3) is 2.49. The zero-order chi connectivity index (χ0) is 10.8. The molecule has 1 N–H and O–H groups in total. The van der Waals surface area contributed by atoms with Crippen molar-refractivity contribution in [2.45, 2.75) is 37.8 Å². The van der Waals surface area contributed by atoms with Gasteiger partial charge in [0, 0.05) is 31.6 Å². The highest BCUT2D eigenvalue weighted by Gasteiger charge is 2.36. The molecule has 0 radical (unpaired) electrons. The molecular formula is C11H20N2O2. The van der Waals surface area contributed by atoms with Gasteiger partial charge in [0.2, 0.25) is 0 Å². The molecule has 0 bridgehead atoms. The number of likely N-dealkylation sites (tertiary alicyclic amines) is 2. The van der Waals surface area contributed by atoms with Crippen molar-refractivity contribution in [1.29, 1.82) is 0 Å². The van der Waals surface area contributed by atoms with Crippen LogP contribution in [-0.2, 0) is 4.79 Å². The van der Waals surface area contributed by atoms with E-state index in [1.54, 1.807) is 0 Å². The largest absolute Gasteiger partial charge is 0.481 e. The number of likely N-dealkylation sites (N-methyl/N-ethyl adjacent to an activating group) is 1. The summed E-state index contributed by atoms with van der Waals surface area (Å²) in [6.07, 6.45) is 3.58. The Morgan fingerprint density at radius 3 is 2.80 bits per heavy atom. The van der Waals surface area contributed by atoms with Crippen LogP contribution in [0.5, 0.6) is 0 Å². The summed E-state index contributed by atoms with van der Waals surface area (Å²) < 4.78 is 0. The molecule has 0 aromatic carbocycles. The molecule has 2 heterocycles. The van der Waals surface area contributed by atoms with Crippen LogP contribution < -0.4 is 0 Å². The van der Waals surface area contributed by atoms with Gasteiger partial charge in [-0.1, -0.05) is 0 Å². The summed E-state index contributed by atoms with van der Waals surface area (Å²) in [4.78, 5) is 15.4. The average Bonchev–Trinajstić information content (AvgIpc) is 2.57. The van der Waals surface area contributed by atoms with E-state index in [2.05, 4.69) is 16.8 Å². The van der Waals surface area contributed by atoms with Crippen molar-refractivity contribution in [3.05, 3.63) is 0 Å². The van der Waals surface area contributed by atoms with Crippen molar-refractivity contribution in [3.8, 4) is 0 Å². The second-order valence-corrected chi connectivity index (χ2v) is 4.84. The number of aliphatic carboxylic acids is 1. The highest BCUT2D eigenvalue weighted by atomic mass is 16.4. The molecule has 4 heteroatoms. The number of hydrogen-bond acceptors (Lipinski definition) is 3. The zero-order valence-electron chi connectivity index (χ0n) is 9.35. The molecule has 0 amide bonds. The highest BCUT2D eigenvalue weighted by molar-refractivity contribution is 5.66. The molecule has 0 saturated carbocycles. The SMILES string of the molecule is CN1CC(N2CCCC2CCC(=O)O)C1. The van der Waals surface area contributed by atoms with Crippen molar-refractivity contribution < 1.29 is 9.90 Å². The maximum Gasteiger partial charge on any atom is 0.303 e. The first-order chi connectivity index (χ1) is 7.16. The van der Waals surface area contributed by atoms with Gasteiger partial charge in [0.15, 0.2) is 0 Å². The van der Waals surface area contributed by atoms with Crippen LogP contribution in [0.25, 0.3) is 0 Å². The lowest BCUT2D eigenvalue weighted by molar-refractivity contribution is -0.137. The van der Waals surface area contributed by atoms with Crippen molar-refractivity contribution >= 4 is 5.97 Å². The van der Waals surface area contributed by atoms with Crippen molar-refractivity contribution in [2.24, 2.45) is 0 Å². The van der Waals surface area contributed by atoms with Gasteiger partial charge < -0.3 is 10.0 Å². The zero-order valence-corrected chi connectivity index (χ0v) is 9.35. The van der Waals surface area contributed by atoms with Crippen LogP contribution in [-0.4, -0.2) is 59.6 Å². The summed E-state index contributed by atoms with van der Waals surface area (Å²) in [5.74, 6) is -0.660. The van der Waals surface area contributed by atoms with E-state index in [1.165, 1.54) is 19.4 Å². The molecule has 1 unspecified atom stereocenters. The predicted octanol–water partition coefficient (Wildman–Crippen LogP) is 0.630. The Bertz CT molecular complexity index is 239. The number of carboxylic acid groups (broad SMARTS) is 1. The number of carbonyl (C=O) groups is 1. The molecule has 0 aromatic rings. The van der Waals surface area contributed by atoms with Gasteiger partial charge in [-0.3, -0.25) is 9.69 Å². The first-order valence-electron chi connectivity index (χ1n) is 5.83. The van der Waals surface area contributed by atoms with Gasteiger partial charge in [-0.15, -0.1) is 0 Å². The van der Waals surface area contributed by atoms with Gasteiger partial charge >= 0.3 is 5.97 Å². The number of nitrogens with zero attached hydrogens (tertiary/aromatic N) is 2. The monoisotopic (exact) mass is 212 g/mol. The van der Waals surface area contributed by atoms with Gasteiger partial charge in [-0.25, -0.2) is 0 Å². The summed E-state index contributed by atoms with van der Waals surface area (Å²) in [7, 11) is 2.14. The summed E-state index contributed by atoms with van der Waals surface area (Å²) in [5, 5.41) is 8.69. The van der Waals surface area contributed by atoms with Crippen LogP contribution in [0.15, 0.2) is 0 Å². The first kappa shape index (κ1) is 10.9. The minimum absolute atomic E-state index is 0.323. The number of rotatable bonds is 4. The van der Waals surface area contributed by atoms with E-state index in [9.17, 15) is 4.79 Å². The van der Waals surface area contributed by atoms with E-state index < -0.39 is 5.97 Å². The number of hydrogen-bond donors (Lipinski definition) is 1. The molecule has 2 aliphatic rings. The van der Waals surface area contributed by atoms with Crippen LogP contribution in [0, 0.1) is 0 Å². The van der Waals surface area contributed by atoms with Crippen LogP contribution in [0.4, 0.5) is 0 Å². The Morgan fingerprint density at radius 2 is 2.20 bits per heavy atom. The molecular weight excluding hydrogens is 192 g/mol. The van der Waals surface area contributed by atoms with E-state index in [4.69, 9.17) is 5.11 Å². The second kappa shape index (κ2) is 4.49. The average molecular weight is 212 g/mol. The molecule has 2 rings (SSSR count). The standard InChI is InChI=1S/C11H20N2O2/c1-12-7-10(8-12)13-6-2-3-9(13)4-5-11(14)15/h9-10H,2-8H2,1H3,(H,14,15). The summed E-state index contributed by atoms with van der Waals surface area (Å²) in [6.45, 7) is 3.48. The molecule has 2 saturated heterocycles. The van der Waals surface area contributed by atoms with Crippen molar-refractivity contribution in [1.82, 2.24) is 9.80 Å². The Balaban J connectivity index is 1.80. The molecule has 15 heavy (non-hydrogen) atoms. The van der Waals surface area contributed by atoms with E-state index in [1.807, 2.05) is 0 Å². The lowest BCUT2D eigenvalue weighted by atomic mass is 10.0. The molecule has 0 aromatic heterocycles. The summed E-state index contributed by atoms with van der Waals surface area (Å²) >= 11 is 0. The Hall–Kier alpha value is -0.610. The van der Waals surface area contributed by atoms with Crippen LogP contribution in [0.1, 0.15) is 25.7 Å². The Labute approximate surface area is 90.9 Å². The molecule has 4 nitrogen and oxygen atoms in total. The Morgan fingerprint density at radius 1 is 1.47 bits per heavy atom. The van der Waals surface area contributed by atoms with Crippen LogP contribution in [0.3, 0.4) is 0 Å². The fourth-order valence-electron chi connectivity index (χ4n) is 2.81. The lowest BCUT2D eigenvalue weighted by Crippen LogP contribution is -2.58. The van der Waals surface area contributed by atoms with Gasteiger partial charge in [0.05, 0.1) is 0 Å². The molecule has 0 aliphatic carbocycles. The quantitative estimate of drug-likeness (QED) is 0.742. The van der Waals surface area contributed by atoms with Crippen LogP contribution in [0.2, 0.25) is 0 Å². The van der Waals surface area contributed by atoms with Gasteiger partial charge in [-0.2, -0.15) is 0 Å². The van der Waals surface area contributed by atoms with E-state index in [0.717, 1.165) is 19.5 Å². The van der Waals surface area contributed by atoms with E-state index in [-0.39, 0.29) is 0 Å². The molecule has 2 fully saturated rings. The number of carboxylic acids is 1. The maximum absolute atomic E-state index is 10.5. The van der Waals surface area contributed by atoms with Crippen LogP contribution >= 0.6 is 0 Å². The molecule has 0 spiro atoms. The van der Waals surface area contributed by atoms with Gasteiger partial charge in [-0.05, 0) is 32.9 Å². The molecule has 1 atom stereocenters. The fraction of sp³-hybridized carbons (Fsp3) is 0.909. The third-order valence-electron chi connectivity index (χ3n) is 3.63. The third-order valence-corrected chi connectivity index (χ3v) is 3.63. The van der Waals surface area contributed by atoms with E-state index >= 15 is 0 Å². The Kier molecular flexibility index (Phi) is 3.26. The molecule has 86 valence electrons. The highest BCUT2D eigenvalue weighted by Crippen LogP contribution is 2.27. The van der Waals surface area contributed by atoms with Gasteiger partial charge in [0.25, 0.3) is 0 Å². The summed E-state index contributed by atoms with van der Waals surface area (Å²) in [5.41, 5.74) is 0. The topological polar surface area (TPSA) is 43.8 Å². The van der Waals surface area contributed by atoms with Crippen molar-refractivity contribution in [3.63, 3.8) is 0 Å². The molecule has 2 aliphatic heterocycles. The fourth-order valence-corrected chi connectivity index (χ4v) is 2.81. The minimum Gasteiger partial charge on any atom is -0.481 e. The maximum atomic E-state index is 10.5. The lowest BCUT2D eigenvalue weighted by Gasteiger charge is -2.44. The normalized spacial score (nSPS) is 29.3. The van der Waals surface area contributed by atoms with E-state index in [0.29, 0.717) is 18.5 Å². The smallest absolute Gasteiger partial charge is 0.303 e. The van der Waals surface area contributed by atoms with Crippen molar-refractivity contribution in [2.75, 3.05) is 26.7 Å². The van der Waals surface area contributed by atoms with Gasteiger partial charge in [0.1, 0.15) is 0 Å². The first-order valence-corrected chi connectivity index (χ1v) is 5.83. The summed E-state index contributed by atoms with van der Waals surface area (Å²) in [6, 6.07) is 1.22. The predicted molar refractivity (Wildman–Crippen MR) is 57.9 cm³/mol.